The molecule has 2 heterocycles. The van der Waals surface area contributed by atoms with E-state index in [0.717, 1.165) is 59.2 Å². The van der Waals surface area contributed by atoms with Crippen LogP contribution >= 0.6 is 0 Å². The zero-order chi connectivity index (χ0) is 20.9. The summed E-state index contributed by atoms with van der Waals surface area (Å²) in [6.07, 6.45) is 1.59. The van der Waals surface area contributed by atoms with Crippen molar-refractivity contribution in [3.8, 4) is 16.9 Å². The van der Waals surface area contributed by atoms with Gasteiger partial charge in [0, 0.05) is 17.8 Å². The Kier molecular flexibility index (Phi) is 6.14. The molecule has 0 aliphatic carbocycles. The highest BCUT2D eigenvalue weighted by Crippen LogP contribution is 2.36. The Morgan fingerprint density at radius 3 is 2.63 bits per heavy atom. The van der Waals surface area contributed by atoms with Crippen LogP contribution in [0.15, 0.2) is 53.1 Å². The minimum Gasteiger partial charge on any atom is -0.492 e. The van der Waals surface area contributed by atoms with E-state index < -0.39 is 0 Å². The molecule has 156 valence electrons. The van der Waals surface area contributed by atoms with Crippen LogP contribution < -0.4 is 10.1 Å². The number of amides is 1. The van der Waals surface area contributed by atoms with Crippen molar-refractivity contribution in [2.24, 2.45) is 0 Å². The molecule has 0 saturated carbocycles. The maximum Gasteiger partial charge on any atom is 0.228 e. The summed E-state index contributed by atoms with van der Waals surface area (Å²) >= 11 is 0. The number of nitrogens with zero attached hydrogens (tertiary/aromatic N) is 2. The molecule has 1 amide bonds. The van der Waals surface area contributed by atoms with Gasteiger partial charge in [0.05, 0.1) is 17.7 Å². The van der Waals surface area contributed by atoms with Crippen LogP contribution in [0.5, 0.6) is 5.75 Å². The van der Waals surface area contributed by atoms with Crippen molar-refractivity contribution in [1.82, 2.24) is 10.1 Å². The molecule has 1 aliphatic heterocycles. The highest BCUT2D eigenvalue weighted by molar-refractivity contribution is 5.93. The third-order valence-corrected chi connectivity index (χ3v) is 5.39. The molecule has 1 N–H and O–H groups in total. The van der Waals surface area contributed by atoms with Gasteiger partial charge in [0.15, 0.2) is 0 Å². The molecule has 0 unspecified atom stereocenters. The van der Waals surface area contributed by atoms with Crippen LogP contribution in [0.2, 0.25) is 0 Å². The molecule has 2 aromatic carbocycles. The van der Waals surface area contributed by atoms with Crippen LogP contribution in [0.1, 0.15) is 23.4 Å². The van der Waals surface area contributed by atoms with Crippen LogP contribution in [-0.2, 0) is 11.2 Å². The fourth-order valence-electron chi connectivity index (χ4n) is 3.67. The minimum absolute atomic E-state index is 0.0580. The standard InChI is InChI=1S/C24H27N3O3/c1-17-24(18(2)30-26-17)21-16-20(25-23(28)15-19-7-4-3-5-8-19)9-10-22(21)29-14-13-27-11-6-12-27/h3-5,7-10,16H,6,11-15H2,1-2H3,(H,25,28). The van der Waals surface area contributed by atoms with Gasteiger partial charge >= 0.3 is 0 Å². The second-order valence-electron chi connectivity index (χ2n) is 7.66. The van der Waals surface area contributed by atoms with E-state index in [4.69, 9.17) is 9.26 Å². The van der Waals surface area contributed by atoms with Gasteiger partial charge in [0.1, 0.15) is 18.1 Å². The lowest BCUT2D eigenvalue weighted by molar-refractivity contribution is -0.115. The number of aryl methyl sites for hydroxylation is 2. The number of ether oxygens (including phenoxy) is 1. The molecule has 1 aromatic heterocycles. The van der Waals surface area contributed by atoms with Crippen molar-refractivity contribution in [2.75, 3.05) is 31.6 Å². The molecule has 4 rings (SSSR count). The van der Waals surface area contributed by atoms with Gasteiger partial charge in [-0.3, -0.25) is 9.69 Å². The highest BCUT2D eigenvalue weighted by Gasteiger charge is 2.19. The Hall–Kier alpha value is -3.12. The van der Waals surface area contributed by atoms with E-state index in [-0.39, 0.29) is 5.91 Å². The molecule has 3 aromatic rings. The molecule has 0 radical (unpaired) electrons. The summed E-state index contributed by atoms with van der Waals surface area (Å²) < 4.78 is 11.5. The van der Waals surface area contributed by atoms with Gasteiger partial charge in [-0.2, -0.15) is 0 Å². The third kappa shape index (κ3) is 4.71. The first-order valence-electron chi connectivity index (χ1n) is 10.4. The molecule has 6 nitrogen and oxygen atoms in total. The van der Waals surface area contributed by atoms with E-state index >= 15 is 0 Å². The van der Waals surface area contributed by atoms with Crippen LogP contribution in [0.3, 0.4) is 0 Å². The lowest BCUT2D eigenvalue weighted by Gasteiger charge is -2.30. The Morgan fingerprint density at radius 2 is 1.97 bits per heavy atom. The molecule has 1 aliphatic rings. The van der Waals surface area contributed by atoms with Gasteiger partial charge in [-0.25, -0.2) is 0 Å². The summed E-state index contributed by atoms with van der Waals surface area (Å²) in [5.74, 6) is 1.44. The number of carbonyl (C=O) groups is 1. The number of anilines is 1. The Labute approximate surface area is 176 Å². The van der Waals surface area contributed by atoms with Gasteiger partial charge in [-0.05, 0) is 57.1 Å². The number of aromatic nitrogens is 1. The fourth-order valence-corrected chi connectivity index (χ4v) is 3.67. The third-order valence-electron chi connectivity index (χ3n) is 5.39. The largest absolute Gasteiger partial charge is 0.492 e. The second-order valence-corrected chi connectivity index (χ2v) is 7.66. The quantitative estimate of drug-likeness (QED) is 0.608. The Bertz CT molecular complexity index is 990. The van der Waals surface area contributed by atoms with E-state index in [2.05, 4.69) is 15.4 Å². The lowest BCUT2D eigenvalue weighted by Crippen LogP contribution is -2.39. The monoisotopic (exact) mass is 405 g/mol. The fraction of sp³-hybridized carbons (Fsp3) is 0.333. The van der Waals surface area contributed by atoms with Crippen molar-refractivity contribution in [3.05, 3.63) is 65.5 Å². The molecule has 1 saturated heterocycles. The topological polar surface area (TPSA) is 67.6 Å². The van der Waals surface area contributed by atoms with Crippen LogP contribution in [-0.4, -0.2) is 42.2 Å². The summed E-state index contributed by atoms with van der Waals surface area (Å²) in [4.78, 5) is 14.9. The summed E-state index contributed by atoms with van der Waals surface area (Å²) in [6, 6.07) is 15.4. The number of hydrogen-bond acceptors (Lipinski definition) is 5. The Balaban J connectivity index is 1.53. The number of likely N-dealkylation sites (tertiary alicyclic amines) is 1. The number of rotatable bonds is 8. The number of nitrogens with one attached hydrogen (secondary N) is 1. The smallest absolute Gasteiger partial charge is 0.228 e. The maximum absolute atomic E-state index is 12.5. The summed E-state index contributed by atoms with van der Waals surface area (Å²) in [7, 11) is 0. The lowest BCUT2D eigenvalue weighted by atomic mass is 10.0. The summed E-state index contributed by atoms with van der Waals surface area (Å²) in [6.45, 7) is 7.63. The molecule has 30 heavy (non-hydrogen) atoms. The van der Waals surface area contributed by atoms with Crippen LogP contribution in [0.25, 0.3) is 11.1 Å². The van der Waals surface area contributed by atoms with Crippen molar-refractivity contribution in [2.45, 2.75) is 26.7 Å². The van der Waals surface area contributed by atoms with Gasteiger partial charge < -0.3 is 14.6 Å². The molecule has 0 bridgehead atoms. The van der Waals surface area contributed by atoms with Gasteiger partial charge in [-0.15, -0.1) is 0 Å². The van der Waals surface area contributed by atoms with Crippen LogP contribution in [0, 0.1) is 13.8 Å². The molecule has 0 spiro atoms. The predicted molar refractivity (Wildman–Crippen MR) is 117 cm³/mol. The van der Waals surface area contributed by atoms with Crippen molar-refractivity contribution < 1.29 is 14.1 Å². The van der Waals surface area contributed by atoms with Gasteiger partial charge in [-0.1, -0.05) is 35.5 Å². The maximum atomic E-state index is 12.5. The molecule has 1 fully saturated rings. The van der Waals surface area contributed by atoms with Crippen molar-refractivity contribution in [3.63, 3.8) is 0 Å². The van der Waals surface area contributed by atoms with E-state index in [1.165, 1.54) is 6.42 Å². The first-order valence-corrected chi connectivity index (χ1v) is 10.4. The second kappa shape index (κ2) is 9.13. The van der Waals surface area contributed by atoms with E-state index in [1.54, 1.807) is 0 Å². The molecular formula is C24H27N3O3. The normalized spacial score (nSPS) is 13.7. The van der Waals surface area contributed by atoms with Crippen LogP contribution in [0.4, 0.5) is 5.69 Å². The zero-order valence-electron chi connectivity index (χ0n) is 17.5. The number of carbonyl (C=O) groups excluding carboxylic acids is 1. The molecule has 0 atom stereocenters. The van der Waals surface area contributed by atoms with Gasteiger partial charge in [0.25, 0.3) is 0 Å². The zero-order valence-corrected chi connectivity index (χ0v) is 17.5. The Morgan fingerprint density at radius 1 is 1.17 bits per heavy atom. The van der Waals surface area contributed by atoms with Gasteiger partial charge in [0.2, 0.25) is 5.91 Å². The SMILES string of the molecule is Cc1noc(C)c1-c1cc(NC(=O)Cc2ccccc2)ccc1OCCN1CCC1. The first kappa shape index (κ1) is 20.2. The highest BCUT2D eigenvalue weighted by atomic mass is 16.5. The van der Waals surface area contributed by atoms with E-state index in [1.807, 2.05) is 62.4 Å². The predicted octanol–water partition coefficient (Wildman–Crippen LogP) is 4.22. The molecule has 6 heteroatoms. The van der Waals surface area contributed by atoms with Crippen molar-refractivity contribution in [1.29, 1.82) is 0 Å². The minimum atomic E-state index is -0.0580. The average Bonchev–Trinajstić information content (AvgIpc) is 3.03. The number of hydrogen-bond donors (Lipinski definition) is 1. The average molecular weight is 405 g/mol. The summed E-state index contributed by atoms with van der Waals surface area (Å²) in [5, 5.41) is 7.08. The number of benzene rings is 2. The van der Waals surface area contributed by atoms with E-state index in [9.17, 15) is 4.79 Å². The molecular weight excluding hydrogens is 378 g/mol. The summed E-state index contributed by atoms with van der Waals surface area (Å²) in [5.41, 5.74) is 4.29. The van der Waals surface area contributed by atoms with E-state index in [0.29, 0.717) is 13.0 Å². The van der Waals surface area contributed by atoms with Crippen molar-refractivity contribution >= 4 is 11.6 Å². The first-order chi connectivity index (χ1) is 14.6.